The van der Waals surface area contributed by atoms with Crippen LogP contribution in [0.3, 0.4) is 0 Å². The first-order valence-electron chi connectivity index (χ1n) is 6.31. The molecule has 0 heterocycles. The molecule has 0 saturated heterocycles. The van der Waals surface area contributed by atoms with Crippen LogP contribution in [-0.4, -0.2) is 5.78 Å². The Hall–Kier alpha value is 0.140. The van der Waals surface area contributed by atoms with E-state index in [9.17, 15) is 4.79 Å². The molecule has 0 unspecified atom stereocenters. The topological polar surface area (TPSA) is 17.1 Å². The third kappa shape index (κ3) is 3.08. The highest BCUT2D eigenvalue weighted by atomic mass is 127. The van der Waals surface area contributed by atoms with Crippen LogP contribution in [0, 0.1) is 17.3 Å². The normalized spacial score (nSPS) is 30.8. The van der Waals surface area contributed by atoms with Crippen molar-refractivity contribution in [3.05, 3.63) is 10.2 Å². The molecule has 1 fully saturated rings. The molecule has 0 bridgehead atoms. The second-order valence-corrected chi connectivity index (χ2v) is 6.20. The van der Waals surface area contributed by atoms with Crippen LogP contribution >= 0.6 is 22.6 Å². The Morgan fingerprint density at radius 2 is 2.25 bits per heavy atom. The zero-order valence-electron chi connectivity index (χ0n) is 10.6. The van der Waals surface area contributed by atoms with Gasteiger partial charge in [-0.15, -0.1) is 0 Å². The summed E-state index contributed by atoms with van der Waals surface area (Å²) in [6.45, 7) is 6.71. The monoisotopic (exact) mass is 334 g/mol. The maximum Gasteiger partial charge on any atom is 0.139 e. The van der Waals surface area contributed by atoms with Crippen LogP contribution in [0.4, 0.5) is 0 Å². The molecule has 92 valence electrons. The zero-order chi connectivity index (χ0) is 12.2. The number of unbranched alkanes of at least 4 members (excludes halogenated alkanes) is 1. The van der Waals surface area contributed by atoms with Gasteiger partial charge in [0.1, 0.15) is 5.78 Å². The lowest BCUT2D eigenvalue weighted by molar-refractivity contribution is -0.127. The number of ketones is 1. The summed E-state index contributed by atoms with van der Waals surface area (Å²) in [4.78, 5) is 12.1. The Morgan fingerprint density at radius 1 is 1.56 bits per heavy atom. The summed E-state index contributed by atoms with van der Waals surface area (Å²) in [7, 11) is 0. The van der Waals surface area contributed by atoms with Gasteiger partial charge in [0.25, 0.3) is 0 Å². The molecule has 16 heavy (non-hydrogen) atoms. The highest BCUT2D eigenvalue weighted by Crippen LogP contribution is 2.47. The Bertz CT molecular complexity index is 270. The van der Waals surface area contributed by atoms with E-state index in [-0.39, 0.29) is 5.41 Å². The Labute approximate surface area is 113 Å². The van der Waals surface area contributed by atoms with Crippen molar-refractivity contribution in [2.75, 3.05) is 0 Å². The molecule has 0 spiro atoms. The summed E-state index contributed by atoms with van der Waals surface area (Å²) in [6.07, 6.45) is 7.42. The summed E-state index contributed by atoms with van der Waals surface area (Å²) < 4.78 is 2.07. The first kappa shape index (κ1) is 14.2. The third-order valence-electron chi connectivity index (χ3n) is 4.10. The average Bonchev–Trinajstić information content (AvgIpc) is 2.51. The van der Waals surface area contributed by atoms with Crippen molar-refractivity contribution >= 4 is 28.4 Å². The lowest BCUT2D eigenvalue weighted by atomic mass is 9.70. The minimum Gasteiger partial charge on any atom is -0.299 e. The van der Waals surface area contributed by atoms with Gasteiger partial charge in [0.2, 0.25) is 0 Å². The number of halogens is 1. The Balaban J connectivity index is 2.60. The standard InChI is InChI=1S/C14H23IO/c1-11(2)12-7-8-13(16)14(12,3)9-5-4-6-10-15/h6,10-12H,4-5,7-9H2,1-3H3/b10-6-/t12-,14-/m1/s1. The molecule has 2 heteroatoms. The van der Waals surface area contributed by atoms with Crippen molar-refractivity contribution in [2.45, 2.75) is 52.9 Å². The van der Waals surface area contributed by atoms with Crippen LogP contribution in [0.2, 0.25) is 0 Å². The van der Waals surface area contributed by atoms with Crippen LogP contribution in [0.5, 0.6) is 0 Å². The molecule has 0 N–H and O–H groups in total. The molecule has 1 aliphatic rings. The van der Waals surface area contributed by atoms with E-state index in [4.69, 9.17) is 0 Å². The first-order chi connectivity index (χ1) is 7.52. The summed E-state index contributed by atoms with van der Waals surface area (Å²) in [5.74, 6) is 1.74. The molecule has 1 nitrogen and oxygen atoms in total. The number of rotatable bonds is 5. The van der Waals surface area contributed by atoms with E-state index >= 15 is 0 Å². The van der Waals surface area contributed by atoms with Crippen LogP contribution < -0.4 is 0 Å². The molecule has 0 radical (unpaired) electrons. The predicted octanol–water partition coefficient (Wildman–Crippen LogP) is 4.75. The van der Waals surface area contributed by atoms with E-state index in [1.54, 1.807) is 0 Å². The maximum absolute atomic E-state index is 12.1. The highest BCUT2D eigenvalue weighted by Gasteiger charge is 2.46. The largest absolute Gasteiger partial charge is 0.299 e. The summed E-state index contributed by atoms with van der Waals surface area (Å²) in [5.41, 5.74) is -0.0344. The predicted molar refractivity (Wildman–Crippen MR) is 77.7 cm³/mol. The third-order valence-corrected chi connectivity index (χ3v) is 4.61. The Morgan fingerprint density at radius 3 is 2.81 bits per heavy atom. The number of Topliss-reactive ketones (excluding diaryl/α,β-unsaturated/α-hetero) is 1. The van der Waals surface area contributed by atoms with Crippen molar-refractivity contribution in [3.8, 4) is 0 Å². The highest BCUT2D eigenvalue weighted by molar-refractivity contribution is 14.1. The fourth-order valence-corrected chi connectivity index (χ4v) is 3.50. The van der Waals surface area contributed by atoms with Crippen molar-refractivity contribution in [2.24, 2.45) is 17.3 Å². The summed E-state index contributed by atoms with van der Waals surface area (Å²) in [5, 5.41) is 0. The van der Waals surface area contributed by atoms with Gasteiger partial charge >= 0.3 is 0 Å². The van der Waals surface area contributed by atoms with Crippen molar-refractivity contribution in [3.63, 3.8) is 0 Å². The molecule has 1 aliphatic carbocycles. The van der Waals surface area contributed by atoms with Crippen molar-refractivity contribution in [1.82, 2.24) is 0 Å². The van der Waals surface area contributed by atoms with E-state index in [0.29, 0.717) is 17.6 Å². The molecule has 2 atom stereocenters. The fraction of sp³-hybridized carbons (Fsp3) is 0.786. The summed E-state index contributed by atoms with van der Waals surface area (Å²) in [6, 6.07) is 0. The van der Waals surface area contributed by atoms with Crippen LogP contribution in [-0.2, 0) is 4.79 Å². The van der Waals surface area contributed by atoms with E-state index < -0.39 is 0 Å². The van der Waals surface area contributed by atoms with Gasteiger partial charge in [0.05, 0.1) is 0 Å². The van der Waals surface area contributed by atoms with Gasteiger partial charge in [-0.2, -0.15) is 0 Å². The van der Waals surface area contributed by atoms with Crippen LogP contribution in [0.1, 0.15) is 52.9 Å². The molecule has 0 aliphatic heterocycles. The summed E-state index contributed by atoms with van der Waals surface area (Å²) >= 11 is 2.25. The first-order valence-corrected chi connectivity index (χ1v) is 7.55. The van der Waals surface area contributed by atoms with Crippen molar-refractivity contribution in [1.29, 1.82) is 0 Å². The Kier molecular flexibility index (Phi) is 5.48. The van der Waals surface area contributed by atoms with Crippen LogP contribution in [0.15, 0.2) is 10.2 Å². The van der Waals surface area contributed by atoms with E-state index in [1.165, 1.54) is 0 Å². The van der Waals surface area contributed by atoms with Crippen LogP contribution in [0.25, 0.3) is 0 Å². The number of allylic oxidation sites excluding steroid dienone is 1. The van der Waals surface area contributed by atoms with Gasteiger partial charge in [0, 0.05) is 11.8 Å². The molecular formula is C14H23IO. The molecule has 1 saturated carbocycles. The quantitative estimate of drug-likeness (QED) is 0.524. The number of carbonyl (C=O) groups is 1. The smallest absolute Gasteiger partial charge is 0.139 e. The number of hydrogen-bond acceptors (Lipinski definition) is 1. The second kappa shape index (κ2) is 6.18. The van der Waals surface area contributed by atoms with E-state index in [2.05, 4.69) is 53.5 Å². The minimum absolute atomic E-state index is 0.0344. The molecular weight excluding hydrogens is 311 g/mol. The van der Waals surface area contributed by atoms with Gasteiger partial charge in [-0.25, -0.2) is 0 Å². The number of hydrogen-bond donors (Lipinski definition) is 0. The van der Waals surface area contributed by atoms with Gasteiger partial charge in [0.15, 0.2) is 0 Å². The van der Waals surface area contributed by atoms with E-state index in [0.717, 1.165) is 32.1 Å². The lowest BCUT2D eigenvalue weighted by Gasteiger charge is -2.32. The molecule has 0 aromatic carbocycles. The van der Waals surface area contributed by atoms with Gasteiger partial charge in [-0.3, -0.25) is 4.79 Å². The maximum atomic E-state index is 12.1. The van der Waals surface area contributed by atoms with Gasteiger partial charge in [-0.05, 0) is 41.6 Å². The average molecular weight is 334 g/mol. The van der Waals surface area contributed by atoms with E-state index in [1.807, 2.05) is 0 Å². The SMILES string of the molecule is CC(C)[C@H]1CCC(=O)[C@]1(C)CCC/C=C\I. The second-order valence-electron chi connectivity index (χ2n) is 5.48. The lowest BCUT2D eigenvalue weighted by Crippen LogP contribution is -2.31. The molecule has 0 aromatic rings. The molecule has 0 amide bonds. The van der Waals surface area contributed by atoms with Gasteiger partial charge in [-0.1, -0.05) is 49.4 Å². The molecule has 1 rings (SSSR count). The van der Waals surface area contributed by atoms with Crippen molar-refractivity contribution < 1.29 is 4.79 Å². The zero-order valence-corrected chi connectivity index (χ0v) is 12.8. The van der Waals surface area contributed by atoms with Gasteiger partial charge < -0.3 is 0 Å². The number of carbonyl (C=O) groups excluding carboxylic acids is 1. The minimum atomic E-state index is -0.0344. The fourth-order valence-electron chi connectivity index (χ4n) is 3.14. The molecule has 0 aromatic heterocycles.